The highest BCUT2D eigenvalue weighted by atomic mass is 35.5. The fourth-order valence-corrected chi connectivity index (χ4v) is 3.18. The lowest BCUT2D eigenvalue weighted by Crippen LogP contribution is -2.00. The molecule has 3 aromatic rings. The molecule has 5 heteroatoms. The number of hydrogen-bond acceptors (Lipinski definition) is 3. The lowest BCUT2D eigenvalue weighted by Gasteiger charge is -2.10. The second-order valence-corrected chi connectivity index (χ2v) is 7.11. The average molecular weight is 356 g/mol. The highest BCUT2D eigenvalue weighted by molar-refractivity contribution is 7.99. The molecule has 0 saturated heterocycles. The van der Waals surface area contributed by atoms with Crippen LogP contribution in [0.25, 0.3) is 17.1 Å². The Kier molecular flexibility index (Phi) is 5.07. The summed E-state index contributed by atoms with van der Waals surface area (Å²) in [5, 5.41) is 10.4. The molecular formula is C19H18ClN3S. The Balaban J connectivity index is 2.09. The molecule has 1 aromatic heterocycles. The minimum Gasteiger partial charge on any atom is -0.270 e. The Morgan fingerprint density at radius 1 is 1.08 bits per heavy atom. The molecule has 0 atom stereocenters. The predicted molar refractivity (Wildman–Crippen MR) is 102 cm³/mol. The van der Waals surface area contributed by atoms with Crippen LogP contribution in [-0.2, 0) is 0 Å². The van der Waals surface area contributed by atoms with Crippen molar-refractivity contribution < 1.29 is 0 Å². The van der Waals surface area contributed by atoms with Crippen molar-refractivity contribution >= 4 is 23.4 Å². The Morgan fingerprint density at radius 2 is 1.75 bits per heavy atom. The number of halogens is 1. The van der Waals surface area contributed by atoms with Gasteiger partial charge in [0.1, 0.15) is 0 Å². The summed E-state index contributed by atoms with van der Waals surface area (Å²) < 4.78 is 2.06. The number of aryl methyl sites for hydroxylation is 1. The lowest BCUT2D eigenvalue weighted by atomic mass is 10.1. The van der Waals surface area contributed by atoms with Gasteiger partial charge in [0.25, 0.3) is 0 Å². The van der Waals surface area contributed by atoms with E-state index in [1.807, 2.05) is 31.2 Å². The summed E-state index contributed by atoms with van der Waals surface area (Å²) in [7, 11) is 0. The molecule has 0 amide bonds. The summed E-state index contributed by atoms with van der Waals surface area (Å²) >= 11 is 7.66. The van der Waals surface area contributed by atoms with Crippen molar-refractivity contribution in [2.75, 3.05) is 5.75 Å². The van der Waals surface area contributed by atoms with Crippen molar-refractivity contribution in [2.45, 2.75) is 19.0 Å². The van der Waals surface area contributed by atoms with Gasteiger partial charge >= 0.3 is 0 Å². The third-order valence-electron chi connectivity index (χ3n) is 3.48. The van der Waals surface area contributed by atoms with Gasteiger partial charge < -0.3 is 0 Å². The molecule has 3 nitrogen and oxygen atoms in total. The van der Waals surface area contributed by atoms with E-state index in [-0.39, 0.29) is 0 Å². The monoisotopic (exact) mass is 355 g/mol. The Bertz CT molecular complexity index is 851. The van der Waals surface area contributed by atoms with Gasteiger partial charge in [0.05, 0.1) is 0 Å². The molecule has 24 heavy (non-hydrogen) atoms. The quantitative estimate of drug-likeness (QED) is 0.443. The number of rotatable bonds is 5. The van der Waals surface area contributed by atoms with Crippen molar-refractivity contribution in [3.05, 3.63) is 71.3 Å². The van der Waals surface area contributed by atoms with Crippen LogP contribution in [0.5, 0.6) is 0 Å². The molecule has 0 aliphatic carbocycles. The van der Waals surface area contributed by atoms with Gasteiger partial charge in [-0.3, -0.25) is 4.57 Å². The van der Waals surface area contributed by atoms with Gasteiger partial charge in [0.15, 0.2) is 11.0 Å². The van der Waals surface area contributed by atoms with Crippen LogP contribution in [0.1, 0.15) is 12.5 Å². The molecule has 0 unspecified atom stereocenters. The standard InChI is InChI=1S/C19H18ClN3S/c1-13(2)12-24-19-22-21-18(15-6-4-14(3)5-7-15)23(19)17-10-8-16(20)9-11-17/h4-11H,1,12H2,2-3H3. The van der Waals surface area contributed by atoms with Gasteiger partial charge in [0, 0.05) is 22.0 Å². The Morgan fingerprint density at radius 3 is 2.38 bits per heavy atom. The summed E-state index contributed by atoms with van der Waals surface area (Å²) in [6.45, 7) is 8.05. The number of thioether (sulfide) groups is 1. The lowest BCUT2D eigenvalue weighted by molar-refractivity contribution is 0.887. The molecule has 0 N–H and O–H groups in total. The fourth-order valence-electron chi connectivity index (χ4n) is 2.26. The van der Waals surface area contributed by atoms with Crippen LogP contribution in [0, 0.1) is 6.92 Å². The van der Waals surface area contributed by atoms with E-state index in [1.54, 1.807) is 11.8 Å². The third kappa shape index (κ3) is 3.71. The Labute approximate surface area is 151 Å². The Hall–Kier alpha value is -2.04. The smallest absolute Gasteiger partial charge is 0.196 e. The molecule has 0 spiro atoms. The van der Waals surface area contributed by atoms with E-state index in [1.165, 1.54) is 5.56 Å². The highest BCUT2D eigenvalue weighted by Crippen LogP contribution is 2.29. The number of aromatic nitrogens is 3. The molecule has 0 aliphatic rings. The summed E-state index contributed by atoms with van der Waals surface area (Å²) in [6.07, 6.45) is 0. The summed E-state index contributed by atoms with van der Waals surface area (Å²) in [5.74, 6) is 1.63. The van der Waals surface area contributed by atoms with Crippen LogP contribution < -0.4 is 0 Å². The van der Waals surface area contributed by atoms with E-state index >= 15 is 0 Å². The first-order valence-electron chi connectivity index (χ1n) is 7.60. The zero-order valence-electron chi connectivity index (χ0n) is 13.7. The minimum absolute atomic E-state index is 0.708. The zero-order valence-corrected chi connectivity index (χ0v) is 15.2. The summed E-state index contributed by atoms with van der Waals surface area (Å²) in [4.78, 5) is 0. The molecule has 122 valence electrons. The van der Waals surface area contributed by atoms with Gasteiger partial charge in [-0.05, 0) is 38.1 Å². The molecule has 0 saturated carbocycles. The summed E-state index contributed by atoms with van der Waals surface area (Å²) in [5.41, 5.74) is 4.34. The van der Waals surface area contributed by atoms with E-state index in [2.05, 4.69) is 52.5 Å². The van der Waals surface area contributed by atoms with Crippen LogP contribution in [0.15, 0.2) is 65.8 Å². The first kappa shape index (κ1) is 16.8. The van der Waals surface area contributed by atoms with Crippen LogP contribution in [0.2, 0.25) is 5.02 Å². The van der Waals surface area contributed by atoms with Crippen molar-refractivity contribution in [1.82, 2.24) is 14.8 Å². The molecular weight excluding hydrogens is 338 g/mol. The fraction of sp³-hybridized carbons (Fsp3) is 0.158. The van der Waals surface area contributed by atoms with Crippen LogP contribution in [0.3, 0.4) is 0 Å². The van der Waals surface area contributed by atoms with Crippen molar-refractivity contribution in [2.24, 2.45) is 0 Å². The second kappa shape index (κ2) is 7.24. The van der Waals surface area contributed by atoms with E-state index in [9.17, 15) is 0 Å². The van der Waals surface area contributed by atoms with E-state index in [4.69, 9.17) is 11.6 Å². The SMILES string of the molecule is C=C(C)CSc1nnc(-c2ccc(C)cc2)n1-c1ccc(Cl)cc1. The van der Waals surface area contributed by atoms with Crippen LogP contribution >= 0.6 is 23.4 Å². The second-order valence-electron chi connectivity index (χ2n) is 5.73. The zero-order chi connectivity index (χ0) is 17.1. The maximum Gasteiger partial charge on any atom is 0.196 e. The van der Waals surface area contributed by atoms with Crippen LogP contribution in [-0.4, -0.2) is 20.5 Å². The molecule has 0 radical (unpaired) electrons. The van der Waals surface area contributed by atoms with Gasteiger partial charge in [-0.1, -0.05) is 65.3 Å². The molecule has 0 aliphatic heterocycles. The first-order chi connectivity index (χ1) is 11.5. The molecule has 0 fully saturated rings. The number of nitrogens with zero attached hydrogens (tertiary/aromatic N) is 3. The van der Waals surface area contributed by atoms with Gasteiger partial charge in [-0.2, -0.15) is 0 Å². The number of hydrogen-bond donors (Lipinski definition) is 0. The normalized spacial score (nSPS) is 10.8. The molecule has 2 aromatic carbocycles. The van der Waals surface area contributed by atoms with Crippen molar-refractivity contribution in [3.8, 4) is 17.1 Å². The average Bonchev–Trinajstić information content (AvgIpc) is 2.98. The highest BCUT2D eigenvalue weighted by Gasteiger charge is 2.16. The topological polar surface area (TPSA) is 30.7 Å². The maximum atomic E-state index is 6.03. The minimum atomic E-state index is 0.708. The summed E-state index contributed by atoms with van der Waals surface area (Å²) in [6, 6.07) is 16.0. The van der Waals surface area contributed by atoms with Crippen molar-refractivity contribution in [1.29, 1.82) is 0 Å². The maximum absolute atomic E-state index is 6.03. The van der Waals surface area contributed by atoms with Crippen molar-refractivity contribution in [3.63, 3.8) is 0 Å². The molecule has 1 heterocycles. The predicted octanol–water partition coefficient (Wildman–Crippen LogP) is 5.56. The molecule has 3 rings (SSSR count). The first-order valence-corrected chi connectivity index (χ1v) is 8.96. The van der Waals surface area contributed by atoms with E-state index in [0.717, 1.165) is 33.6 Å². The third-order valence-corrected chi connectivity index (χ3v) is 4.89. The largest absolute Gasteiger partial charge is 0.270 e. The van der Waals surface area contributed by atoms with Gasteiger partial charge in [0.2, 0.25) is 0 Å². The van der Waals surface area contributed by atoms with E-state index in [0.29, 0.717) is 5.02 Å². The van der Waals surface area contributed by atoms with Crippen LogP contribution in [0.4, 0.5) is 0 Å². The number of benzene rings is 2. The molecule has 0 bridgehead atoms. The van der Waals surface area contributed by atoms with Gasteiger partial charge in [-0.15, -0.1) is 10.2 Å². The van der Waals surface area contributed by atoms with E-state index < -0.39 is 0 Å². The van der Waals surface area contributed by atoms with Gasteiger partial charge in [-0.25, -0.2) is 0 Å².